The van der Waals surface area contributed by atoms with Gasteiger partial charge in [0.05, 0.1) is 6.04 Å². The molecule has 0 saturated carbocycles. The summed E-state index contributed by atoms with van der Waals surface area (Å²) in [5.41, 5.74) is -0.399. The van der Waals surface area contributed by atoms with Crippen molar-refractivity contribution in [1.29, 1.82) is 0 Å². The van der Waals surface area contributed by atoms with Crippen LogP contribution in [0.5, 0.6) is 0 Å². The van der Waals surface area contributed by atoms with Crippen LogP contribution in [0.3, 0.4) is 0 Å². The molecule has 2 unspecified atom stereocenters. The number of amides is 3. The number of likely N-dealkylation sites (tertiary alicyclic amines) is 1. The normalized spacial score (nSPS) is 18.5. The lowest BCUT2D eigenvalue weighted by Gasteiger charge is -2.35. The first-order chi connectivity index (χ1) is 15.1. The number of alkyl carbamates (subject to hydrolysis) is 1. The van der Waals surface area contributed by atoms with Gasteiger partial charge in [0.2, 0.25) is 11.8 Å². The van der Waals surface area contributed by atoms with E-state index in [1.54, 1.807) is 19.1 Å². The minimum absolute atomic E-state index is 0.0325. The molecule has 1 heterocycles. The average molecular weight is 447 g/mol. The lowest BCUT2D eigenvalue weighted by molar-refractivity contribution is -0.144. The molecule has 3 amide bonds. The van der Waals surface area contributed by atoms with E-state index in [0.717, 1.165) is 5.56 Å². The van der Waals surface area contributed by atoms with Crippen molar-refractivity contribution in [1.82, 2.24) is 15.5 Å². The Labute approximate surface area is 186 Å². The highest BCUT2D eigenvalue weighted by molar-refractivity contribution is 5.95. The SMILES string of the molecule is CC(=O)C(CCC(=O)O)NC(=O)C1(C)CCCN1C(=O)CNC(=O)OCc1ccccc1. The summed E-state index contributed by atoms with van der Waals surface area (Å²) in [6.45, 7) is 2.91. The quantitative estimate of drug-likeness (QED) is 0.490. The Bertz CT molecular complexity index is 858. The van der Waals surface area contributed by atoms with E-state index in [1.165, 1.54) is 11.8 Å². The minimum atomic E-state index is -1.20. The third-order valence-electron chi connectivity index (χ3n) is 5.47. The number of carboxylic acids is 1. The van der Waals surface area contributed by atoms with Gasteiger partial charge in [-0.1, -0.05) is 30.3 Å². The van der Waals surface area contributed by atoms with Crippen molar-refractivity contribution in [3.63, 3.8) is 0 Å². The van der Waals surface area contributed by atoms with Crippen LogP contribution in [0.1, 0.15) is 45.1 Å². The van der Waals surface area contributed by atoms with Gasteiger partial charge in [-0.3, -0.25) is 19.2 Å². The maximum atomic E-state index is 12.9. The molecular weight excluding hydrogens is 418 g/mol. The summed E-state index contributed by atoms with van der Waals surface area (Å²) in [5.74, 6) is -2.41. The lowest BCUT2D eigenvalue weighted by atomic mass is 9.96. The second kappa shape index (κ2) is 11.3. The predicted molar refractivity (Wildman–Crippen MR) is 113 cm³/mol. The molecule has 1 aliphatic heterocycles. The van der Waals surface area contributed by atoms with E-state index in [-0.39, 0.29) is 31.8 Å². The van der Waals surface area contributed by atoms with Crippen LogP contribution in [0.2, 0.25) is 0 Å². The summed E-state index contributed by atoms with van der Waals surface area (Å²) in [4.78, 5) is 61.5. The molecule has 0 aliphatic carbocycles. The van der Waals surface area contributed by atoms with Crippen LogP contribution < -0.4 is 10.6 Å². The first kappa shape index (κ1) is 24.8. The Morgan fingerprint density at radius 1 is 1.19 bits per heavy atom. The molecule has 1 aliphatic rings. The summed E-state index contributed by atoms with van der Waals surface area (Å²) in [6, 6.07) is 8.14. The van der Waals surface area contributed by atoms with Gasteiger partial charge in [0.1, 0.15) is 18.7 Å². The molecular formula is C22H29N3O7. The van der Waals surface area contributed by atoms with Crippen molar-refractivity contribution in [3.8, 4) is 0 Å². The summed E-state index contributed by atoms with van der Waals surface area (Å²) in [7, 11) is 0. The van der Waals surface area contributed by atoms with Crippen LogP contribution in [-0.2, 0) is 30.5 Å². The van der Waals surface area contributed by atoms with Gasteiger partial charge in [-0.15, -0.1) is 0 Å². The molecule has 2 rings (SSSR count). The van der Waals surface area contributed by atoms with E-state index in [4.69, 9.17) is 9.84 Å². The molecule has 3 N–H and O–H groups in total. The second-order valence-corrected chi connectivity index (χ2v) is 7.91. The molecule has 1 saturated heterocycles. The van der Waals surface area contributed by atoms with Crippen molar-refractivity contribution >= 4 is 29.7 Å². The van der Waals surface area contributed by atoms with Gasteiger partial charge >= 0.3 is 12.1 Å². The fourth-order valence-corrected chi connectivity index (χ4v) is 3.58. The number of nitrogens with one attached hydrogen (secondary N) is 2. The Hall–Kier alpha value is -3.43. The molecule has 1 fully saturated rings. The van der Waals surface area contributed by atoms with Crippen LogP contribution >= 0.6 is 0 Å². The standard InChI is InChI=1S/C22H29N3O7/c1-15(26)17(9-10-19(28)29)24-20(30)22(2)11-6-12-25(22)18(27)13-23-21(31)32-14-16-7-4-3-5-8-16/h3-5,7-8,17H,6,9-14H2,1-2H3,(H,23,31)(H,24,30)(H,28,29). The van der Waals surface area contributed by atoms with E-state index in [0.29, 0.717) is 19.4 Å². The van der Waals surface area contributed by atoms with Gasteiger partial charge in [-0.05, 0) is 38.7 Å². The smallest absolute Gasteiger partial charge is 0.407 e. The van der Waals surface area contributed by atoms with Crippen LogP contribution in [0.25, 0.3) is 0 Å². The molecule has 32 heavy (non-hydrogen) atoms. The van der Waals surface area contributed by atoms with Crippen LogP contribution in [-0.4, -0.2) is 64.3 Å². The first-order valence-corrected chi connectivity index (χ1v) is 10.4. The van der Waals surface area contributed by atoms with Crippen molar-refractivity contribution in [2.75, 3.05) is 13.1 Å². The fourth-order valence-electron chi connectivity index (χ4n) is 3.58. The van der Waals surface area contributed by atoms with Gasteiger partial charge in [-0.2, -0.15) is 0 Å². The zero-order chi connectivity index (χ0) is 23.7. The summed E-state index contributed by atoms with van der Waals surface area (Å²) in [6.07, 6.45) is -0.0906. The number of carboxylic acid groups (broad SMARTS) is 1. The highest BCUT2D eigenvalue weighted by Crippen LogP contribution is 2.29. The highest BCUT2D eigenvalue weighted by Gasteiger charge is 2.46. The van der Waals surface area contributed by atoms with E-state index in [1.807, 2.05) is 18.2 Å². The zero-order valence-electron chi connectivity index (χ0n) is 18.3. The molecule has 1 aromatic carbocycles. The van der Waals surface area contributed by atoms with Gasteiger partial charge in [0.15, 0.2) is 5.78 Å². The number of hydrogen-bond donors (Lipinski definition) is 3. The number of aliphatic carboxylic acids is 1. The molecule has 2 atom stereocenters. The van der Waals surface area contributed by atoms with Crippen molar-refractivity contribution in [2.45, 2.75) is 57.7 Å². The topological polar surface area (TPSA) is 142 Å². The molecule has 0 radical (unpaired) electrons. The number of ketones is 1. The number of hydrogen-bond acceptors (Lipinski definition) is 6. The number of Topliss-reactive ketones (excluding diaryl/α,β-unsaturated/α-hetero) is 1. The molecule has 10 heteroatoms. The highest BCUT2D eigenvalue weighted by atomic mass is 16.5. The monoisotopic (exact) mass is 447 g/mol. The zero-order valence-corrected chi connectivity index (χ0v) is 18.3. The summed E-state index contributed by atoms with van der Waals surface area (Å²) >= 11 is 0. The first-order valence-electron chi connectivity index (χ1n) is 10.4. The summed E-state index contributed by atoms with van der Waals surface area (Å²) in [5, 5.41) is 13.8. The van der Waals surface area contributed by atoms with Gasteiger partial charge in [-0.25, -0.2) is 4.79 Å². The maximum absolute atomic E-state index is 12.9. The average Bonchev–Trinajstić information content (AvgIpc) is 3.16. The minimum Gasteiger partial charge on any atom is -0.481 e. The molecule has 0 spiro atoms. The molecule has 10 nitrogen and oxygen atoms in total. The second-order valence-electron chi connectivity index (χ2n) is 7.91. The largest absolute Gasteiger partial charge is 0.481 e. The maximum Gasteiger partial charge on any atom is 0.407 e. The number of rotatable bonds is 10. The third-order valence-corrected chi connectivity index (χ3v) is 5.47. The van der Waals surface area contributed by atoms with Crippen LogP contribution in [0.4, 0.5) is 4.79 Å². The molecule has 0 bridgehead atoms. The molecule has 0 aromatic heterocycles. The van der Waals surface area contributed by atoms with E-state index < -0.39 is 35.5 Å². The number of carbonyl (C=O) groups excluding carboxylic acids is 4. The summed E-state index contributed by atoms with van der Waals surface area (Å²) < 4.78 is 5.08. The molecule has 1 aromatic rings. The van der Waals surface area contributed by atoms with E-state index >= 15 is 0 Å². The van der Waals surface area contributed by atoms with Crippen LogP contribution in [0, 0.1) is 0 Å². The fraction of sp³-hybridized carbons (Fsp3) is 0.500. The van der Waals surface area contributed by atoms with Crippen molar-refractivity contribution < 1.29 is 33.8 Å². The Morgan fingerprint density at radius 3 is 2.50 bits per heavy atom. The van der Waals surface area contributed by atoms with Crippen LogP contribution in [0.15, 0.2) is 30.3 Å². The van der Waals surface area contributed by atoms with Crippen molar-refractivity contribution in [3.05, 3.63) is 35.9 Å². The van der Waals surface area contributed by atoms with E-state index in [9.17, 15) is 24.0 Å². The Balaban J connectivity index is 1.91. The Morgan fingerprint density at radius 2 is 1.88 bits per heavy atom. The van der Waals surface area contributed by atoms with E-state index in [2.05, 4.69) is 10.6 Å². The van der Waals surface area contributed by atoms with Gasteiger partial charge < -0.3 is 25.4 Å². The predicted octanol–water partition coefficient (Wildman–Crippen LogP) is 1.23. The Kier molecular flexibility index (Phi) is 8.74. The number of ether oxygens (including phenoxy) is 1. The lowest BCUT2D eigenvalue weighted by Crippen LogP contribution is -2.59. The van der Waals surface area contributed by atoms with Crippen molar-refractivity contribution in [2.24, 2.45) is 0 Å². The van der Waals surface area contributed by atoms with Gasteiger partial charge in [0.25, 0.3) is 0 Å². The van der Waals surface area contributed by atoms with Gasteiger partial charge in [0, 0.05) is 13.0 Å². The number of carbonyl (C=O) groups is 5. The molecule has 174 valence electrons. The third kappa shape index (κ3) is 6.79. The number of benzene rings is 1. The number of nitrogens with zero attached hydrogens (tertiary/aromatic N) is 1.